The van der Waals surface area contributed by atoms with Crippen molar-refractivity contribution in [3.05, 3.63) is 33.4 Å². The van der Waals surface area contributed by atoms with Gasteiger partial charge in [0.1, 0.15) is 5.69 Å². The number of rotatable bonds is 2. The summed E-state index contributed by atoms with van der Waals surface area (Å²) in [5, 5.41) is 23.3. The zero-order valence-corrected chi connectivity index (χ0v) is 9.97. The average molecular weight is 250 g/mol. The molecule has 0 bridgehead atoms. The lowest BCUT2D eigenvalue weighted by molar-refractivity contribution is -0.384. The molecule has 1 aromatic rings. The molecule has 1 aliphatic carbocycles. The predicted octanol–water partition coefficient (Wildman–Crippen LogP) is 1.92. The van der Waals surface area contributed by atoms with Crippen molar-refractivity contribution in [1.29, 1.82) is 0 Å². The van der Waals surface area contributed by atoms with Crippen LogP contribution in [0.4, 0.5) is 11.4 Å². The van der Waals surface area contributed by atoms with Crippen molar-refractivity contribution in [2.75, 3.05) is 5.32 Å². The molecule has 18 heavy (non-hydrogen) atoms. The van der Waals surface area contributed by atoms with Gasteiger partial charge in [-0.2, -0.15) is 0 Å². The summed E-state index contributed by atoms with van der Waals surface area (Å²) in [6, 6.07) is 2.96. The van der Waals surface area contributed by atoms with Crippen molar-refractivity contribution in [2.45, 2.75) is 32.3 Å². The molecule has 0 spiro atoms. The van der Waals surface area contributed by atoms with Gasteiger partial charge in [-0.15, -0.1) is 0 Å². The van der Waals surface area contributed by atoms with Crippen molar-refractivity contribution < 1.29 is 14.8 Å². The third-order valence-corrected chi connectivity index (χ3v) is 3.05. The van der Waals surface area contributed by atoms with Crippen LogP contribution in [-0.2, 0) is 11.2 Å². The van der Waals surface area contributed by atoms with E-state index >= 15 is 0 Å². The van der Waals surface area contributed by atoms with E-state index in [0.29, 0.717) is 12.0 Å². The average Bonchev–Trinajstić information content (AvgIpc) is 2.27. The van der Waals surface area contributed by atoms with Crippen molar-refractivity contribution in [2.24, 2.45) is 0 Å². The van der Waals surface area contributed by atoms with E-state index in [1.165, 1.54) is 13.0 Å². The van der Waals surface area contributed by atoms with E-state index in [4.69, 9.17) is 0 Å². The molecule has 1 aliphatic rings. The van der Waals surface area contributed by atoms with Crippen molar-refractivity contribution in [3.63, 3.8) is 0 Å². The number of aryl methyl sites for hydroxylation is 1. The molecule has 0 saturated heterocycles. The topological polar surface area (TPSA) is 92.5 Å². The second kappa shape index (κ2) is 4.73. The molecule has 0 saturated carbocycles. The van der Waals surface area contributed by atoms with Gasteiger partial charge in [-0.05, 0) is 36.5 Å². The summed E-state index contributed by atoms with van der Waals surface area (Å²) >= 11 is 0. The molecular formula is C12H14N2O4. The number of fused-ring (bicyclic) bond motifs is 1. The molecule has 1 aromatic carbocycles. The SMILES string of the molecule is CC(=O)Nc1cc2c(cc1[N+](=O)[O-])C(O)CCC2. The molecule has 96 valence electrons. The molecule has 1 unspecified atom stereocenters. The van der Waals surface area contributed by atoms with Crippen molar-refractivity contribution in [3.8, 4) is 0 Å². The van der Waals surface area contributed by atoms with Crippen LogP contribution in [0, 0.1) is 10.1 Å². The standard InChI is InChI=1S/C12H14N2O4/c1-7(15)13-10-5-8-3-2-4-12(16)9(8)6-11(10)14(17)18/h5-6,12,16H,2-4H2,1H3,(H,13,15). The number of nitrogens with zero attached hydrogens (tertiary/aromatic N) is 1. The molecule has 0 radical (unpaired) electrons. The molecule has 1 atom stereocenters. The largest absolute Gasteiger partial charge is 0.388 e. The minimum Gasteiger partial charge on any atom is -0.388 e. The highest BCUT2D eigenvalue weighted by atomic mass is 16.6. The van der Waals surface area contributed by atoms with Crippen LogP contribution in [0.5, 0.6) is 0 Å². The van der Waals surface area contributed by atoms with E-state index in [1.54, 1.807) is 6.07 Å². The molecular weight excluding hydrogens is 236 g/mol. The Bertz CT molecular complexity index is 513. The van der Waals surface area contributed by atoms with Crippen LogP contribution in [-0.4, -0.2) is 15.9 Å². The number of nitro benzene ring substituents is 1. The van der Waals surface area contributed by atoms with E-state index < -0.39 is 11.0 Å². The quantitative estimate of drug-likeness (QED) is 0.619. The fourth-order valence-corrected chi connectivity index (χ4v) is 2.26. The van der Waals surface area contributed by atoms with Gasteiger partial charge in [0.05, 0.1) is 11.0 Å². The van der Waals surface area contributed by atoms with Crippen molar-refractivity contribution >= 4 is 17.3 Å². The van der Waals surface area contributed by atoms with Gasteiger partial charge >= 0.3 is 0 Å². The van der Waals surface area contributed by atoms with Crippen LogP contribution in [0.25, 0.3) is 0 Å². The molecule has 0 heterocycles. The highest BCUT2D eigenvalue weighted by molar-refractivity contribution is 5.91. The lowest BCUT2D eigenvalue weighted by Gasteiger charge is -2.21. The second-order valence-electron chi connectivity index (χ2n) is 4.41. The first-order valence-corrected chi connectivity index (χ1v) is 5.76. The Morgan fingerprint density at radius 3 is 2.89 bits per heavy atom. The van der Waals surface area contributed by atoms with Crippen LogP contribution in [0.2, 0.25) is 0 Å². The third-order valence-electron chi connectivity index (χ3n) is 3.05. The number of nitrogens with one attached hydrogen (secondary N) is 1. The van der Waals surface area contributed by atoms with E-state index in [9.17, 15) is 20.0 Å². The normalized spacial score (nSPS) is 18.0. The Morgan fingerprint density at radius 1 is 1.56 bits per heavy atom. The number of aliphatic hydroxyl groups excluding tert-OH is 1. The molecule has 0 aliphatic heterocycles. The molecule has 6 nitrogen and oxygen atoms in total. The number of hydrogen-bond donors (Lipinski definition) is 2. The summed E-state index contributed by atoms with van der Waals surface area (Å²) in [5.41, 5.74) is 1.48. The van der Waals surface area contributed by atoms with Gasteiger partial charge in [-0.1, -0.05) is 0 Å². The van der Waals surface area contributed by atoms with Crippen LogP contribution in [0.3, 0.4) is 0 Å². The Labute approximate surface area is 104 Å². The second-order valence-corrected chi connectivity index (χ2v) is 4.41. The number of benzene rings is 1. The maximum Gasteiger partial charge on any atom is 0.293 e. The molecule has 2 rings (SSSR count). The molecule has 2 N–H and O–H groups in total. The number of amides is 1. The smallest absolute Gasteiger partial charge is 0.293 e. The summed E-state index contributed by atoms with van der Waals surface area (Å²) in [4.78, 5) is 21.5. The van der Waals surface area contributed by atoms with E-state index in [2.05, 4.69) is 5.32 Å². The highest BCUT2D eigenvalue weighted by Gasteiger charge is 2.24. The Hall–Kier alpha value is -1.95. The number of aliphatic hydroxyl groups is 1. The lowest BCUT2D eigenvalue weighted by atomic mass is 9.88. The highest BCUT2D eigenvalue weighted by Crippen LogP contribution is 2.36. The van der Waals surface area contributed by atoms with E-state index in [1.807, 2.05) is 0 Å². The zero-order chi connectivity index (χ0) is 13.3. The van der Waals surface area contributed by atoms with Gasteiger partial charge in [0.15, 0.2) is 0 Å². The fourth-order valence-electron chi connectivity index (χ4n) is 2.26. The van der Waals surface area contributed by atoms with Crippen LogP contribution >= 0.6 is 0 Å². The Morgan fingerprint density at radius 2 is 2.28 bits per heavy atom. The number of anilines is 1. The first kappa shape index (κ1) is 12.5. The molecule has 6 heteroatoms. The fraction of sp³-hybridized carbons (Fsp3) is 0.417. The maximum atomic E-state index is 11.0. The monoisotopic (exact) mass is 250 g/mol. The van der Waals surface area contributed by atoms with Crippen LogP contribution < -0.4 is 5.32 Å². The zero-order valence-electron chi connectivity index (χ0n) is 9.97. The Kier molecular flexibility index (Phi) is 3.29. The third kappa shape index (κ3) is 2.33. The summed E-state index contributed by atoms with van der Waals surface area (Å²) in [5.74, 6) is -0.352. The predicted molar refractivity (Wildman–Crippen MR) is 65.3 cm³/mol. The number of carbonyl (C=O) groups is 1. The minimum atomic E-state index is -0.654. The van der Waals surface area contributed by atoms with Gasteiger partial charge in [0.25, 0.3) is 5.69 Å². The molecule has 0 aromatic heterocycles. The maximum absolute atomic E-state index is 11.0. The summed E-state index contributed by atoms with van der Waals surface area (Å²) in [6.07, 6.45) is 1.56. The summed E-state index contributed by atoms with van der Waals surface area (Å²) < 4.78 is 0. The number of carbonyl (C=O) groups excluding carboxylic acids is 1. The molecule has 1 amide bonds. The first-order valence-electron chi connectivity index (χ1n) is 5.76. The van der Waals surface area contributed by atoms with Gasteiger partial charge in [0.2, 0.25) is 5.91 Å². The van der Waals surface area contributed by atoms with Gasteiger partial charge in [-0.25, -0.2) is 0 Å². The lowest BCUT2D eigenvalue weighted by Crippen LogP contribution is -2.13. The minimum absolute atomic E-state index is 0.176. The van der Waals surface area contributed by atoms with Gasteiger partial charge in [0, 0.05) is 13.0 Å². The number of hydrogen-bond acceptors (Lipinski definition) is 4. The van der Waals surface area contributed by atoms with Gasteiger partial charge in [-0.3, -0.25) is 14.9 Å². The van der Waals surface area contributed by atoms with Gasteiger partial charge < -0.3 is 10.4 Å². The van der Waals surface area contributed by atoms with Crippen molar-refractivity contribution in [1.82, 2.24) is 0 Å². The van der Waals surface area contributed by atoms with Crippen LogP contribution in [0.15, 0.2) is 12.1 Å². The summed E-state index contributed by atoms with van der Waals surface area (Å²) in [6.45, 7) is 1.30. The first-order chi connectivity index (χ1) is 8.49. The van der Waals surface area contributed by atoms with E-state index in [-0.39, 0.29) is 17.3 Å². The molecule has 0 fully saturated rings. The van der Waals surface area contributed by atoms with Crippen LogP contribution in [0.1, 0.15) is 37.0 Å². The Balaban J connectivity index is 2.52. The van der Waals surface area contributed by atoms with E-state index in [0.717, 1.165) is 18.4 Å². The number of nitro groups is 1. The summed E-state index contributed by atoms with van der Waals surface area (Å²) in [7, 11) is 0.